The van der Waals surface area contributed by atoms with Crippen LogP contribution in [0.2, 0.25) is 0 Å². The molecule has 0 aliphatic heterocycles. The smallest absolute Gasteiger partial charge is 0.240 e. The van der Waals surface area contributed by atoms with Crippen molar-refractivity contribution in [1.29, 1.82) is 0 Å². The molecule has 0 saturated heterocycles. The summed E-state index contributed by atoms with van der Waals surface area (Å²) < 4.78 is 7.45. The lowest BCUT2D eigenvalue weighted by atomic mass is 10.1. The average Bonchev–Trinajstić information content (AvgIpc) is 3.31. The maximum atomic E-state index is 12.6. The first-order chi connectivity index (χ1) is 16.8. The lowest BCUT2D eigenvalue weighted by molar-refractivity contribution is -0.126. The first-order valence-electron chi connectivity index (χ1n) is 11.6. The number of nitrogens with zero attached hydrogens (tertiary/aromatic N) is 4. The van der Waals surface area contributed by atoms with Crippen LogP contribution in [0.1, 0.15) is 49.7 Å². The zero-order valence-electron chi connectivity index (χ0n) is 20.2. The van der Waals surface area contributed by atoms with Crippen LogP contribution in [0.25, 0.3) is 0 Å². The summed E-state index contributed by atoms with van der Waals surface area (Å²) in [6, 6.07) is 18.9. The van der Waals surface area contributed by atoms with E-state index in [-0.39, 0.29) is 18.4 Å². The Kier molecular flexibility index (Phi) is 9.45. The number of benzene rings is 2. The van der Waals surface area contributed by atoms with Crippen molar-refractivity contribution in [3.05, 3.63) is 77.6 Å². The van der Waals surface area contributed by atoms with Gasteiger partial charge in [0, 0.05) is 19.5 Å². The molecule has 0 unspecified atom stereocenters. The minimum atomic E-state index is -1.08. The van der Waals surface area contributed by atoms with Crippen LogP contribution in [0, 0.1) is 0 Å². The van der Waals surface area contributed by atoms with Crippen LogP contribution >= 0.6 is 0 Å². The molecule has 0 aliphatic carbocycles. The summed E-state index contributed by atoms with van der Waals surface area (Å²) in [4.78, 5) is 24.8. The molecule has 2 amide bonds. The Morgan fingerprint density at radius 2 is 1.71 bits per heavy atom. The molecule has 3 aromatic rings. The van der Waals surface area contributed by atoms with Crippen molar-refractivity contribution in [2.24, 2.45) is 5.73 Å². The van der Waals surface area contributed by atoms with Crippen LogP contribution in [0.3, 0.4) is 0 Å². The molecule has 3 rings (SSSR count). The van der Waals surface area contributed by atoms with E-state index in [4.69, 9.17) is 10.5 Å². The fraction of sp³-hybridized carbons (Fsp3) is 0.400. The van der Waals surface area contributed by atoms with E-state index in [1.165, 1.54) is 0 Å². The Bertz CT molecular complexity index is 1070. The third-order valence-electron chi connectivity index (χ3n) is 5.26. The fourth-order valence-electron chi connectivity index (χ4n) is 3.29. The molecule has 0 saturated carbocycles. The SMILES string of the molecule is CC(C)(N)C(=O)N[C@H](COCc1ccccc1)c1nnnn1CCCC(=O)NCc1ccccc1. The number of carbonyl (C=O) groups excluding carboxylic acids is 2. The number of aromatic nitrogens is 4. The molecule has 4 N–H and O–H groups in total. The summed E-state index contributed by atoms with van der Waals surface area (Å²) in [6.07, 6.45) is 0.857. The number of hydrogen-bond acceptors (Lipinski definition) is 7. The highest BCUT2D eigenvalue weighted by molar-refractivity contribution is 5.85. The maximum Gasteiger partial charge on any atom is 0.240 e. The second-order valence-corrected chi connectivity index (χ2v) is 8.87. The topological polar surface area (TPSA) is 137 Å². The van der Waals surface area contributed by atoms with Gasteiger partial charge in [-0.1, -0.05) is 60.7 Å². The second-order valence-electron chi connectivity index (χ2n) is 8.87. The lowest BCUT2D eigenvalue weighted by Crippen LogP contribution is -2.51. The minimum absolute atomic E-state index is 0.0515. The van der Waals surface area contributed by atoms with Crippen molar-refractivity contribution in [3.8, 4) is 0 Å². The number of aryl methyl sites for hydroxylation is 1. The molecule has 1 heterocycles. The van der Waals surface area contributed by atoms with E-state index in [2.05, 4.69) is 26.2 Å². The first kappa shape index (κ1) is 26.0. The Balaban J connectivity index is 1.56. The number of tetrazole rings is 1. The first-order valence-corrected chi connectivity index (χ1v) is 11.6. The zero-order chi connectivity index (χ0) is 25.1. The quantitative estimate of drug-likeness (QED) is 0.340. The van der Waals surface area contributed by atoms with Crippen molar-refractivity contribution in [3.63, 3.8) is 0 Å². The van der Waals surface area contributed by atoms with Crippen molar-refractivity contribution in [2.75, 3.05) is 6.61 Å². The van der Waals surface area contributed by atoms with E-state index >= 15 is 0 Å². The van der Waals surface area contributed by atoms with Gasteiger partial charge in [0.1, 0.15) is 6.04 Å². The number of ether oxygens (including phenoxy) is 1. The molecular weight excluding hydrogens is 446 g/mol. The van der Waals surface area contributed by atoms with Gasteiger partial charge in [-0.25, -0.2) is 4.68 Å². The molecule has 35 heavy (non-hydrogen) atoms. The van der Waals surface area contributed by atoms with Gasteiger partial charge in [0.15, 0.2) is 5.82 Å². The maximum absolute atomic E-state index is 12.6. The van der Waals surface area contributed by atoms with Crippen molar-refractivity contribution >= 4 is 11.8 Å². The van der Waals surface area contributed by atoms with Crippen LogP contribution in [0.15, 0.2) is 60.7 Å². The third-order valence-corrected chi connectivity index (χ3v) is 5.26. The van der Waals surface area contributed by atoms with Crippen LogP contribution in [-0.4, -0.2) is 44.2 Å². The van der Waals surface area contributed by atoms with Gasteiger partial charge in [-0.15, -0.1) is 5.10 Å². The fourth-order valence-corrected chi connectivity index (χ4v) is 3.29. The van der Waals surface area contributed by atoms with Gasteiger partial charge >= 0.3 is 0 Å². The van der Waals surface area contributed by atoms with Crippen LogP contribution < -0.4 is 16.4 Å². The number of carbonyl (C=O) groups is 2. The summed E-state index contributed by atoms with van der Waals surface area (Å²) in [5.74, 6) is 0.0467. The van der Waals surface area contributed by atoms with E-state index in [0.29, 0.717) is 38.4 Å². The van der Waals surface area contributed by atoms with Gasteiger partial charge in [0.2, 0.25) is 11.8 Å². The molecule has 0 spiro atoms. The molecule has 10 heteroatoms. The molecule has 186 valence electrons. The Morgan fingerprint density at radius 3 is 2.37 bits per heavy atom. The molecule has 1 atom stereocenters. The van der Waals surface area contributed by atoms with Gasteiger partial charge in [-0.2, -0.15) is 0 Å². The highest BCUT2D eigenvalue weighted by Gasteiger charge is 2.28. The van der Waals surface area contributed by atoms with Gasteiger partial charge in [-0.3, -0.25) is 9.59 Å². The Morgan fingerprint density at radius 1 is 1.06 bits per heavy atom. The second kappa shape index (κ2) is 12.7. The van der Waals surface area contributed by atoms with Crippen molar-refractivity contribution < 1.29 is 14.3 Å². The lowest BCUT2D eigenvalue weighted by Gasteiger charge is -2.23. The Labute approximate surface area is 205 Å². The van der Waals surface area contributed by atoms with Crippen molar-refractivity contribution in [1.82, 2.24) is 30.8 Å². The molecule has 2 aromatic carbocycles. The van der Waals surface area contributed by atoms with E-state index in [0.717, 1.165) is 11.1 Å². The highest BCUT2D eigenvalue weighted by Crippen LogP contribution is 2.14. The predicted molar refractivity (Wildman–Crippen MR) is 131 cm³/mol. The predicted octanol–water partition coefficient (Wildman–Crippen LogP) is 1.88. The Hall–Kier alpha value is -3.63. The summed E-state index contributed by atoms with van der Waals surface area (Å²) in [5, 5.41) is 17.7. The monoisotopic (exact) mass is 479 g/mol. The third kappa shape index (κ3) is 8.58. The molecule has 0 bridgehead atoms. The van der Waals surface area contributed by atoms with E-state index in [1.54, 1.807) is 18.5 Å². The number of nitrogens with two attached hydrogens (primary N) is 1. The van der Waals surface area contributed by atoms with E-state index in [1.807, 2.05) is 60.7 Å². The van der Waals surface area contributed by atoms with E-state index < -0.39 is 11.6 Å². The molecular formula is C25H33N7O3. The van der Waals surface area contributed by atoms with Crippen molar-refractivity contribution in [2.45, 2.75) is 58.0 Å². The molecule has 1 aromatic heterocycles. The van der Waals surface area contributed by atoms with Crippen LogP contribution in [0.4, 0.5) is 0 Å². The summed E-state index contributed by atoms with van der Waals surface area (Å²) in [7, 11) is 0. The number of amides is 2. The van der Waals surface area contributed by atoms with Crippen LogP contribution in [-0.2, 0) is 34.0 Å². The van der Waals surface area contributed by atoms with E-state index in [9.17, 15) is 9.59 Å². The number of hydrogen-bond donors (Lipinski definition) is 3. The normalized spacial score (nSPS) is 12.2. The molecule has 10 nitrogen and oxygen atoms in total. The van der Waals surface area contributed by atoms with Gasteiger partial charge in [-0.05, 0) is 41.8 Å². The number of nitrogens with one attached hydrogen (secondary N) is 2. The molecule has 0 fully saturated rings. The van der Waals surface area contributed by atoms with Gasteiger partial charge in [0.25, 0.3) is 0 Å². The van der Waals surface area contributed by atoms with Gasteiger partial charge < -0.3 is 21.1 Å². The number of rotatable bonds is 13. The highest BCUT2D eigenvalue weighted by atomic mass is 16.5. The zero-order valence-corrected chi connectivity index (χ0v) is 20.2. The van der Waals surface area contributed by atoms with Crippen LogP contribution in [0.5, 0.6) is 0 Å². The summed E-state index contributed by atoms with van der Waals surface area (Å²) in [5.41, 5.74) is 6.94. The largest absolute Gasteiger partial charge is 0.374 e. The standard InChI is InChI=1S/C25H33N7O3/c1-25(2,26)24(34)28-21(18-35-17-20-12-7-4-8-13-20)23-29-30-31-32(23)15-9-14-22(33)27-16-19-10-5-3-6-11-19/h3-8,10-13,21H,9,14-18,26H2,1-2H3,(H,27,33)(H,28,34)/t21-/m1/s1. The minimum Gasteiger partial charge on any atom is -0.374 e. The average molecular weight is 480 g/mol. The molecule has 0 aliphatic rings. The molecule has 0 radical (unpaired) electrons. The summed E-state index contributed by atoms with van der Waals surface area (Å²) in [6.45, 7) is 4.69. The van der Waals surface area contributed by atoms with Gasteiger partial charge in [0.05, 0.1) is 18.8 Å². The summed E-state index contributed by atoms with van der Waals surface area (Å²) >= 11 is 0.